The predicted octanol–water partition coefficient (Wildman–Crippen LogP) is 6.83. The van der Waals surface area contributed by atoms with E-state index in [1.807, 2.05) is 48.5 Å². The molecule has 1 aromatic heterocycles. The summed E-state index contributed by atoms with van der Waals surface area (Å²) in [5.41, 5.74) is 2.75. The number of ether oxygens (including phenoxy) is 2. The van der Waals surface area contributed by atoms with Crippen LogP contribution in [0.1, 0.15) is 71.1 Å². The number of hydrogen-bond acceptors (Lipinski definition) is 7. The average molecular weight is 507 g/mol. The van der Waals surface area contributed by atoms with E-state index in [9.17, 15) is 4.79 Å². The zero-order valence-corrected chi connectivity index (χ0v) is 22.1. The van der Waals surface area contributed by atoms with E-state index in [2.05, 4.69) is 24.0 Å². The Morgan fingerprint density at radius 2 is 1.78 bits per heavy atom. The van der Waals surface area contributed by atoms with Gasteiger partial charge in [0.05, 0.1) is 17.9 Å². The molecule has 1 aliphatic heterocycles. The van der Waals surface area contributed by atoms with Crippen molar-refractivity contribution in [2.75, 3.05) is 17.3 Å². The molecule has 190 valence electrons. The molecule has 0 bridgehead atoms. The van der Waals surface area contributed by atoms with Crippen molar-refractivity contribution in [1.29, 1.82) is 0 Å². The molecule has 7 nitrogen and oxygen atoms in total. The molecule has 0 unspecified atom stereocenters. The number of rotatable bonds is 11. The van der Waals surface area contributed by atoms with Gasteiger partial charge in [0.2, 0.25) is 23.2 Å². The van der Waals surface area contributed by atoms with Crippen molar-refractivity contribution >= 4 is 23.4 Å². The van der Waals surface area contributed by atoms with E-state index in [-0.39, 0.29) is 5.91 Å². The molecule has 3 aromatic rings. The fraction of sp³-hybridized carbons (Fsp3) is 0.429. The number of hydrogen-bond donors (Lipinski definition) is 0. The molecule has 0 radical (unpaired) electrons. The quantitative estimate of drug-likeness (QED) is 0.208. The molecule has 0 saturated carbocycles. The van der Waals surface area contributed by atoms with Gasteiger partial charge in [-0.15, -0.1) is 10.2 Å². The summed E-state index contributed by atoms with van der Waals surface area (Å²) in [6.45, 7) is 6.50. The minimum atomic E-state index is -0.762. The summed E-state index contributed by atoms with van der Waals surface area (Å²) in [5, 5.41) is 9.41. The number of unbranched alkanes of at least 4 members (excludes halogenated alkanes) is 4. The van der Waals surface area contributed by atoms with Gasteiger partial charge in [-0.1, -0.05) is 81.6 Å². The lowest BCUT2D eigenvalue weighted by atomic mass is 10.1. The molecule has 0 aliphatic carbocycles. The van der Waals surface area contributed by atoms with Crippen LogP contribution >= 0.6 is 11.8 Å². The molecule has 0 fully saturated rings. The third-order valence-corrected chi connectivity index (χ3v) is 6.94. The molecule has 2 aromatic carbocycles. The SMILES string of the molecule is CCCCCCOc1ccccc1[C@@H]1Oc2nc(SCCCC)nnc2-c2ccccc2N1C(C)=O. The summed E-state index contributed by atoms with van der Waals surface area (Å²) in [5.74, 6) is 1.82. The lowest BCUT2D eigenvalue weighted by molar-refractivity contribution is -0.118. The highest BCUT2D eigenvalue weighted by molar-refractivity contribution is 7.99. The van der Waals surface area contributed by atoms with E-state index in [1.54, 1.807) is 23.6 Å². The predicted molar refractivity (Wildman–Crippen MR) is 144 cm³/mol. The maximum Gasteiger partial charge on any atom is 0.247 e. The van der Waals surface area contributed by atoms with Crippen LogP contribution in [0.5, 0.6) is 11.6 Å². The van der Waals surface area contributed by atoms with Gasteiger partial charge in [0, 0.05) is 18.2 Å². The largest absolute Gasteiger partial charge is 0.493 e. The van der Waals surface area contributed by atoms with Crippen LogP contribution in [0, 0.1) is 0 Å². The van der Waals surface area contributed by atoms with Crippen LogP contribution < -0.4 is 14.4 Å². The zero-order valence-electron chi connectivity index (χ0n) is 21.3. The number of nitrogens with zero attached hydrogens (tertiary/aromatic N) is 4. The third-order valence-electron chi connectivity index (χ3n) is 6.02. The number of aromatic nitrogens is 3. The molecule has 1 atom stereocenters. The first-order chi connectivity index (χ1) is 17.6. The Hall–Kier alpha value is -3.13. The number of carbonyl (C=O) groups excluding carboxylic acids is 1. The van der Waals surface area contributed by atoms with Gasteiger partial charge < -0.3 is 9.47 Å². The Bertz CT molecular complexity index is 1170. The van der Waals surface area contributed by atoms with Crippen LogP contribution in [0.15, 0.2) is 53.7 Å². The molecule has 0 spiro atoms. The molecular weight excluding hydrogens is 472 g/mol. The monoisotopic (exact) mass is 506 g/mol. The first-order valence-electron chi connectivity index (χ1n) is 12.8. The molecule has 0 N–H and O–H groups in total. The summed E-state index contributed by atoms with van der Waals surface area (Å²) in [7, 11) is 0. The summed E-state index contributed by atoms with van der Waals surface area (Å²) in [4.78, 5) is 19.5. The van der Waals surface area contributed by atoms with Crippen molar-refractivity contribution in [3.05, 3.63) is 54.1 Å². The van der Waals surface area contributed by atoms with Crippen molar-refractivity contribution in [3.8, 4) is 22.9 Å². The zero-order chi connectivity index (χ0) is 25.3. The Morgan fingerprint density at radius 1 is 1.00 bits per heavy atom. The normalized spacial score (nSPS) is 14.4. The van der Waals surface area contributed by atoms with Crippen molar-refractivity contribution in [1.82, 2.24) is 15.2 Å². The Morgan fingerprint density at radius 3 is 2.58 bits per heavy atom. The third kappa shape index (κ3) is 5.98. The summed E-state index contributed by atoms with van der Waals surface area (Å²) < 4.78 is 12.7. The number of para-hydroxylation sites is 2. The van der Waals surface area contributed by atoms with Gasteiger partial charge in [0.1, 0.15) is 5.75 Å². The van der Waals surface area contributed by atoms with Crippen LogP contribution in [0.4, 0.5) is 5.69 Å². The van der Waals surface area contributed by atoms with Gasteiger partial charge in [-0.05, 0) is 31.0 Å². The van der Waals surface area contributed by atoms with E-state index < -0.39 is 6.23 Å². The first-order valence-corrected chi connectivity index (χ1v) is 13.8. The summed E-state index contributed by atoms with van der Waals surface area (Å²) in [6, 6.07) is 15.4. The van der Waals surface area contributed by atoms with Gasteiger partial charge >= 0.3 is 0 Å². The van der Waals surface area contributed by atoms with E-state index in [1.165, 1.54) is 12.8 Å². The molecular formula is C28H34N4O3S. The van der Waals surface area contributed by atoms with Crippen LogP contribution in [-0.2, 0) is 4.79 Å². The highest BCUT2D eigenvalue weighted by Crippen LogP contribution is 2.44. The maximum atomic E-state index is 13.1. The fourth-order valence-electron chi connectivity index (χ4n) is 4.15. The molecule has 8 heteroatoms. The molecule has 1 amide bonds. The van der Waals surface area contributed by atoms with E-state index in [4.69, 9.17) is 14.5 Å². The second-order valence-electron chi connectivity index (χ2n) is 8.77. The molecule has 0 saturated heterocycles. The van der Waals surface area contributed by atoms with Gasteiger partial charge in [-0.25, -0.2) is 0 Å². The minimum absolute atomic E-state index is 0.150. The average Bonchev–Trinajstić information content (AvgIpc) is 3.03. The first kappa shape index (κ1) is 25.9. The Balaban J connectivity index is 1.75. The van der Waals surface area contributed by atoms with Crippen molar-refractivity contribution in [2.24, 2.45) is 0 Å². The Labute approximate surface area is 217 Å². The molecule has 2 heterocycles. The van der Waals surface area contributed by atoms with Gasteiger partial charge in [-0.3, -0.25) is 9.69 Å². The fourth-order valence-corrected chi connectivity index (χ4v) is 5.01. The highest BCUT2D eigenvalue weighted by Gasteiger charge is 2.36. The number of fused-ring (bicyclic) bond motifs is 3. The van der Waals surface area contributed by atoms with E-state index in [0.717, 1.165) is 42.6 Å². The van der Waals surface area contributed by atoms with Gasteiger partial charge in [-0.2, -0.15) is 4.98 Å². The van der Waals surface area contributed by atoms with E-state index >= 15 is 0 Å². The number of thioether (sulfide) groups is 1. The summed E-state index contributed by atoms with van der Waals surface area (Å²) in [6.07, 6.45) is 5.87. The van der Waals surface area contributed by atoms with Crippen molar-refractivity contribution < 1.29 is 14.3 Å². The van der Waals surface area contributed by atoms with Crippen LogP contribution in [0.25, 0.3) is 11.3 Å². The minimum Gasteiger partial charge on any atom is -0.493 e. The maximum absolute atomic E-state index is 13.1. The standard InChI is InChI=1S/C28H34N4O3S/c1-4-6-8-13-18-34-24-17-12-10-15-22(24)27-32(20(3)33)23-16-11-9-14-21(23)25-26(35-27)29-28(31-30-25)36-19-7-5-2/h9-12,14-17,27H,4-8,13,18-19H2,1-3H3/t27-/m0/s1. The lowest BCUT2D eigenvalue weighted by Crippen LogP contribution is -2.36. The molecule has 1 aliphatic rings. The van der Waals surface area contributed by atoms with Crippen LogP contribution in [-0.4, -0.2) is 33.4 Å². The highest BCUT2D eigenvalue weighted by atomic mass is 32.2. The topological polar surface area (TPSA) is 77.4 Å². The smallest absolute Gasteiger partial charge is 0.247 e. The number of carbonyl (C=O) groups is 1. The molecule has 4 rings (SSSR count). The van der Waals surface area contributed by atoms with Crippen LogP contribution in [0.3, 0.4) is 0 Å². The second-order valence-corrected chi connectivity index (χ2v) is 9.84. The van der Waals surface area contributed by atoms with Gasteiger partial charge in [0.25, 0.3) is 0 Å². The van der Waals surface area contributed by atoms with E-state index in [0.29, 0.717) is 34.8 Å². The molecule has 36 heavy (non-hydrogen) atoms. The van der Waals surface area contributed by atoms with Crippen molar-refractivity contribution in [3.63, 3.8) is 0 Å². The summed E-state index contributed by atoms with van der Waals surface area (Å²) >= 11 is 1.56. The number of anilines is 1. The van der Waals surface area contributed by atoms with Gasteiger partial charge in [0.15, 0.2) is 5.69 Å². The number of amides is 1. The second kappa shape index (κ2) is 12.7. The Kier molecular flexibility index (Phi) is 9.17. The number of benzene rings is 2. The van der Waals surface area contributed by atoms with Crippen molar-refractivity contribution in [2.45, 2.75) is 70.7 Å². The lowest BCUT2D eigenvalue weighted by Gasteiger charge is -2.30. The van der Waals surface area contributed by atoms with Crippen LogP contribution in [0.2, 0.25) is 0 Å².